The van der Waals surface area contributed by atoms with Gasteiger partial charge in [0.2, 0.25) is 0 Å². The average Bonchev–Trinajstić information content (AvgIpc) is 2.41. The van der Waals surface area contributed by atoms with Crippen LogP contribution in [0.2, 0.25) is 0 Å². The van der Waals surface area contributed by atoms with E-state index in [0.29, 0.717) is 0 Å². The van der Waals surface area contributed by atoms with E-state index in [1.54, 1.807) is 7.11 Å². The molecule has 0 aliphatic heterocycles. The van der Waals surface area contributed by atoms with Crippen molar-refractivity contribution in [3.8, 4) is 11.8 Å². The molecule has 0 aliphatic carbocycles. The molecule has 0 aliphatic rings. The molecule has 19 heavy (non-hydrogen) atoms. The van der Waals surface area contributed by atoms with Crippen LogP contribution >= 0.6 is 0 Å². The van der Waals surface area contributed by atoms with Crippen molar-refractivity contribution in [1.82, 2.24) is 0 Å². The second-order valence-electron chi connectivity index (χ2n) is 4.43. The Morgan fingerprint density at radius 1 is 1.26 bits per heavy atom. The van der Waals surface area contributed by atoms with Gasteiger partial charge < -0.3 is 9.47 Å². The summed E-state index contributed by atoms with van der Waals surface area (Å²) in [6.07, 6.45) is 0.0243. The van der Waals surface area contributed by atoms with Crippen LogP contribution in [-0.2, 0) is 14.3 Å². The third kappa shape index (κ3) is 4.76. The Morgan fingerprint density at radius 3 is 2.42 bits per heavy atom. The van der Waals surface area contributed by atoms with Crippen LogP contribution in [0.4, 0.5) is 0 Å². The summed E-state index contributed by atoms with van der Waals surface area (Å²) in [4.78, 5) is 11.0. The normalized spacial score (nSPS) is 13.1. The summed E-state index contributed by atoms with van der Waals surface area (Å²) in [5, 5.41) is 0. The summed E-state index contributed by atoms with van der Waals surface area (Å²) in [5.41, 5.74) is 2.30. The van der Waals surface area contributed by atoms with Crippen molar-refractivity contribution in [2.75, 3.05) is 14.2 Å². The molecule has 0 unspecified atom stereocenters. The van der Waals surface area contributed by atoms with Crippen LogP contribution in [0.3, 0.4) is 0 Å². The first kappa shape index (κ1) is 15.3. The molecule has 3 heteroatoms. The quantitative estimate of drug-likeness (QED) is 0.617. The Bertz CT molecular complexity index is 465. The molecule has 1 aromatic carbocycles. The Hall–Kier alpha value is -1.79. The van der Waals surface area contributed by atoms with Crippen molar-refractivity contribution in [2.24, 2.45) is 5.92 Å². The molecule has 0 heterocycles. The molecule has 0 amide bonds. The number of methoxy groups -OCH3 is 2. The second kappa shape index (κ2) is 7.60. The van der Waals surface area contributed by atoms with Gasteiger partial charge in [0.05, 0.1) is 13.2 Å². The Labute approximate surface area is 114 Å². The van der Waals surface area contributed by atoms with Crippen molar-refractivity contribution in [1.29, 1.82) is 0 Å². The molecule has 0 spiro atoms. The van der Waals surface area contributed by atoms with Crippen LogP contribution in [-0.4, -0.2) is 20.2 Å². The van der Waals surface area contributed by atoms with Gasteiger partial charge in [0.25, 0.3) is 0 Å². The van der Waals surface area contributed by atoms with Crippen LogP contribution < -0.4 is 0 Å². The van der Waals surface area contributed by atoms with E-state index in [1.807, 2.05) is 26.0 Å². The number of hydrogen-bond donors (Lipinski definition) is 0. The fourth-order valence-corrected chi connectivity index (χ4v) is 1.82. The largest absolute Gasteiger partial charge is 0.468 e. The van der Waals surface area contributed by atoms with Crippen molar-refractivity contribution in [3.05, 3.63) is 35.4 Å². The monoisotopic (exact) mass is 260 g/mol. The lowest BCUT2D eigenvalue weighted by Crippen LogP contribution is -2.10. The number of aryl methyl sites for hydroxylation is 1. The van der Waals surface area contributed by atoms with Gasteiger partial charge in [-0.15, -0.1) is 0 Å². The molecule has 0 aromatic heterocycles. The van der Waals surface area contributed by atoms with E-state index in [0.717, 1.165) is 5.56 Å². The van der Waals surface area contributed by atoms with Crippen LogP contribution in [0.5, 0.6) is 0 Å². The highest BCUT2D eigenvalue weighted by Gasteiger charge is 2.16. The lowest BCUT2D eigenvalue weighted by Gasteiger charge is -2.19. The highest BCUT2D eigenvalue weighted by molar-refractivity contribution is 5.72. The summed E-state index contributed by atoms with van der Waals surface area (Å²) >= 11 is 0. The fourth-order valence-electron chi connectivity index (χ4n) is 1.82. The predicted molar refractivity (Wildman–Crippen MR) is 74.5 cm³/mol. The zero-order valence-electron chi connectivity index (χ0n) is 11.9. The summed E-state index contributed by atoms with van der Waals surface area (Å²) in [5.74, 6) is 5.56. The third-order valence-corrected chi connectivity index (χ3v) is 2.90. The number of benzene rings is 1. The number of rotatable bonds is 4. The number of hydrogen-bond acceptors (Lipinski definition) is 3. The first-order valence-corrected chi connectivity index (χ1v) is 6.23. The molecule has 1 rings (SSSR count). The van der Waals surface area contributed by atoms with Crippen LogP contribution in [0.15, 0.2) is 24.3 Å². The molecule has 0 bridgehead atoms. The SMILES string of the molecule is COC(=O)CC#C[C@H](C)[C@@H](OC)c1ccc(C)cc1. The van der Waals surface area contributed by atoms with Crippen molar-refractivity contribution < 1.29 is 14.3 Å². The molecule has 0 fully saturated rings. The van der Waals surface area contributed by atoms with Crippen LogP contribution in [0.25, 0.3) is 0 Å². The van der Waals surface area contributed by atoms with Crippen molar-refractivity contribution >= 4 is 5.97 Å². The van der Waals surface area contributed by atoms with E-state index < -0.39 is 0 Å². The maximum atomic E-state index is 11.0. The molecular weight excluding hydrogens is 240 g/mol. The molecule has 102 valence electrons. The zero-order valence-corrected chi connectivity index (χ0v) is 11.9. The average molecular weight is 260 g/mol. The van der Waals surface area contributed by atoms with Gasteiger partial charge in [0, 0.05) is 13.0 Å². The minimum absolute atomic E-state index is 0.0114. The Morgan fingerprint density at radius 2 is 1.89 bits per heavy atom. The first-order chi connectivity index (χ1) is 9.08. The summed E-state index contributed by atoms with van der Waals surface area (Å²) < 4.78 is 10.0. The Balaban J connectivity index is 2.74. The second-order valence-corrected chi connectivity index (χ2v) is 4.43. The molecule has 3 nitrogen and oxygen atoms in total. The standard InChI is InChI=1S/C16H20O3/c1-12-8-10-14(11-9-12)16(19-4)13(2)6-5-7-15(17)18-3/h8-11,13,16H,7H2,1-4H3/t13-,16+/m0/s1. The molecule has 0 saturated heterocycles. The molecule has 0 radical (unpaired) electrons. The maximum Gasteiger partial charge on any atom is 0.317 e. The van der Waals surface area contributed by atoms with E-state index in [2.05, 4.69) is 28.7 Å². The predicted octanol–water partition coefficient (Wildman–Crippen LogP) is 2.89. The van der Waals surface area contributed by atoms with Gasteiger partial charge in [-0.05, 0) is 19.4 Å². The molecular formula is C16H20O3. The fraction of sp³-hybridized carbons (Fsp3) is 0.438. The van der Waals surface area contributed by atoms with Gasteiger partial charge in [0.1, 0.15) is 6.42 Å². The first-order valence-electron chi connectivity index (χ1n) is 6.23. The van der Waals surface area contributed by atoms with Gasteiger partial charge in [-0.2, -0.15) is 0 Å². The lowest BCUT2D eigenvalue weighted by molar-refractivity contribution is -0.139. The number of carbonyl (C=O) groups excluding carboxylic acids is 1. The summed E-state index contributed by atoms with van der Waals surface area (Å²) in [6.45, 7) is 4.03. The Kier molecular flexibility index (Phi) is 6.11. The van der Waals surface area contributed by atoms with Crippen LogP contribution in [0, 0.1) is 24.7 Å². The number of carbonyl (C=O) groups is 1. The van der Waals surface area contributed by atoms with Crippen LogP contribution in [0.1, 0.15) is 30.6 Å². The summed E-state index contributed by atoms with van der Waals surface area (Å²) in [7, 11) is 3.03. The molecule has 2 atom stereocenters. The van der Waals surface area contributed by atoms with Crippen molar-refractivity contribution in [3.63, 3.8) is 0 Å². The summed E-state index contributed by atoms with van der Waals surface area (Å²) in [6, 6.07) is 8.19. The van der Waals surface area contributed by atoms with Gasteiger partial charge in [-0.3, -0.25) is 4.79 Å². The molecule has 1 aromatic rings. The van der Waals surface area contributed by atoms with Gasteiger partial charge in [-0.25, -0.2) is 0 Å². The molecule has 0 saturated carbocycles. The van der Waals surface area contributed by atoms with E-state index in [1.165, 1.54) is 12.7 Å². The van der Waals surface area contributed by atoms with E-state index >= 15 is 0 Å². The van der Waals surface area contributed by atoms with Crippen molar-refractivity contribution in [2.45, 2.75) is 26.4 Å². The third-order valence-electron chi connectivity index (χ3n) is 2.90. The lowest BCUT2D eigenvalue weighted by atomic mass is 9.97. The van der Waals surface area contributed by atoms with E-state index in [-0.39, 0.29) is 24.4 Å². The highest BCUT2D eigenvalue weighted by Crippen LogP contribution is 2.25. The van der Waals surface area contributed by atoms with E-state index in [9.17, 15) is 4.79 Å². The molecule has 0 N–H and O–H groups in total. The van der Waals surface area contributed by atoms with E-state index in [4.69, 9.17) is 4.74 Å². The van der Waals surface area contributed by atoms with Gasteiger partial charge >= 0.3 is 5.97 Å². The highest BCUT2D eigenvalue weighted by atomic mass is 16.5. The van der Waals surface area contributed by atoms with Gasteiger partial charge in [-0.1, -0.05) is 41.7 Å². The minimum atomic E-state index is -0.316. The zero-order chi connectivity index (χ0) is 14.3. The number of ether oxygens (including phenoxy) is 2. The minimum Gasteiger partial charge on any atom is -0.468 e. The number of esters is 1. The van der Waals surface area contributed by atoms with Gasteiger partial charge in [0.15, 0.2) is 0 Å². The topological polar surface area (TPSA) is 35.5 Å². The smallest absolute Gasteiger partial charge is 0.317 e. The maximum absolute atomic E-state index is 11.0.